The number of phenolic OH excluding ortho intramolecular Hbond substituents is 1. The number of aromatic hydroxyl groups is 1. The number of rotatable bonds is 4. The van der Waals surface area contributed by atoms with Crippen molar-refractivity contribution in [3.05, 3.63) is 29.3 Å². The van der Waals surface area contributed by atoms with Crippen molar-refractivity contribution in [2.75, 3.05) is 6.54 Å². The number of nitrogens with one attached hydrogen (secondary N) is 1. The average molecular weight is 261 g/mol. The first kappa shape index (κ1) is 14.3. The van der Waals surface area contributed by atoms with Crippen LogP contribution in [0.15, 0.2) is 18.2 Å². The molecule has 3 nitrogen and oxygen atoms in total. The summed E-state index contributed by atoms with van der Waals surface area (Å²) in [6.45, 7) is 1.56. The van der Waals surface area contributed by atoms with E-state index >= 15 is 0 Å². The Balaban J connectivity index is 2.49. The summed E-state index contributed by atoms with van der Waals surface area (Å²) in [5.74, 6) is -0.718. The molecule has 0 unspecified atom stereocenters. The topological polar surface area (TPSA) is 49.3 Å². The molecule has 0 bridgehead atoms. The molecule has 0 saturated heterocycles. The Kier molecular flexibility index (Phi) is 4.58. The Morgan fingerprint density at radius 2 is 2.06 bits per heavy atom. The lowest BCUT2D eigenvalue weighted by Crippen LogP contribution is -2.25. The molecular weight excluding hydrogens is 247 g/mol. The van der Waals surface area contributed by atoms with Gasteiger partial charge in [0.2, 0.25) is 0 Å². The molecule has 1 rings (SSSR count). The summed E-state index contributed by atoms with van der Waals surface area (Å²) in [5, 5.41) is 12.0. The molecule has 0 radical (unpaired) electrons. The molecule has 100 valence electrons. The molecule has 1 aromatic rings. The Labute approximate surface area is 103 Å². The minimum absolute atomic E-state index is 0.0713. The fourth-order valence-electron chi connectivity index (χ4n) is 1.43. The molecule has 1 aromatic carbocycles. The van der Waals surface area contributed by atoms with E-state index in [1.807, 2.05) is 0 Å². The van der Waals surface area contributed by atoms with Gasteiger partial charge >= 0.3 is 6.18 Å². The van der Waals surface area contributed by atoms with E-state index in [1.54, 1.807) is 19.1 Å². The Morgan fingerprint density at radius 1 is 1.39 bits per heavy atom. The molecule has 18 heavy (non-hydrogen) atoms. The maximum absolute atomic E-state index is 11.9. The quantitative estimate of drug-likeness (QED) is 0.819. The van der Waals surface area contributed by atoms with Gasteiger partial charge in [0.15, 0.2) is 0 Å². The van der Waals surface area contributed by atoms with Gasteiger partial charge in [-0.15, -0.1) is 0 Å². The van der Waals surface area contributed by atoms with Gasteiger partial charge in [-0.05, 0) is 25.0 Å². The van der Waals surface area contributed by atoms with Gasteiger partial charge in [-0.1, -0.05) is 12.1 Å². The lowest BCUT2D eigenvalue weighted by atomic mass is 10.1. The Bertz CT molecular complexity index is 430. The number of para-hydroxylation sites is 1. The van der Waals surface area contributed by atoms with Crippen LogP contribution in [-0.4, -0.2) is 23.7 Å². The summed E-state index contributed by atoms with van der Waals surface area (Å²) in [7, 11) is 0. The number of carbonyl (C=O) groups is 1. The van der Waals surface area contributed by atoms with Crippen molar-refractivity contribution >= 4 is 5.91 Å². The number of aryl methyl sites for hydroxylation is 1. The van der Waals surface area contributed by atoms with Crippen molar-refractivity contribution in [1.82, 2.24) is 5.32 Å². The molecule has 2 N–H and O–H groups in total. The number of carbonyl (C=O) groups excluding carboxylic acids is 1. The van der Waals surface area contributed by atoms with Crippen molar-refractivity contribution in [3.63, 3.8) is 0 Å². The highest BCUT2D eigenvalue weighted by atomic mass is 19.4. The second-order valence-corrected chi connectivity index (χ2v) is 3.95. The van der Waals surface area contributed by atoms with Crippen LogP contribution in [0.4, 0.5) is 13.2 Å². The zero-order valence-electron chi connectivity index (χ0n) is 9.84. The number of alkyl halides is 3. The van der Waals surface area contributed by atoms with Crippen LogP contribution in [0.2, 0.25) is 0 Å². The second-order valence-electron chi connectivity index (χ2n) is 3.95. The lowest BCUT2D eigenvalue weighted by molar-refractivity contribution is -0.135. The van der Waals surface area contributed by atoms with E-state index in [2.05, 4.69) is 5.32 Å². The summed E-state index contributed by atoms with van der Waals surface area (Å²) in [6.07, 6.45) is -5.33. The SMILES string of the molecule is Cc1cccc(C(=O)NCCCC(F)(F)F)c1O. The van der Waals surface area contributed by atoms with Gasteiger partial charge < -0.3 is 10.4 Å². The van der Waals surface area contributed by atoms with E-state index < -0.39 is 18.5 Å². The third kappa shape index (κ3) is 4.27. The second kappa shape index (κ2) is 5.75. The standard InChI is InChI=1S/C12H14F3NO2/c1-8-4-2-5-9(10(8)17)11(18)16-7-3-6-12(13,14)15/h2,4-5,17H,3,6-7H2,1H3,(H,16,18). The van der Waals surface area contributed by atoms with Crippen LogP contribution in [0.1, 0.15) is 28.8 Å². The zero-order chi connectivity index (χ0) is 13.8. The lowest BCUT2D eigenvalue weighted by Gasteiger charge is -2.09. The van der Waals surface area contributed by atoms with Crippen LogP contribution >= 0.6 is 0 Å². The van der Waals surface area contributed by atoms with Crippen molar-refractivity contribution in [3.8, 4) is 5.75 Å². The van der Waals surface area contributed by atoms with E-state index in [-0.39, 0.29) is 24.3 Å². The number of halogens is 3. The molecular formula is C12H14F3NO2. The first-order valence-corrected chi connectivity index (χ1v) is 5.45. The maximum atomic E-state index is 11.9. The smallest absolute Gasteiger partial charge is 0.389 e. The minimum atomic E-state index is -4.21. The third-order valence-electron chi connectivity index (χ3n) is 2.40. The normalized spacial score (nSPS) is 11.3. The average Bonchev–Trinajstić information content (AvgIpc) is 2.26. The van der Waals surface area contributed by atoms with Gasteiger partial charge in [0.25, 0.3) is 5.91 Å². The van der Waals surface area contributed by atoms with Gasteiger partial charge in [0.05, 0.1) is 5.56 Å². The van der Waals surface area contributed by atoms with Gasteiger partial charge in [-0.2, -0.15) is 13.2 Å². The van der Waals surface area contributed by atoms with Crippen LogP contribution in [0.3, 0.4) is 0 Å². The maximum Gasteiger partial charge on any atom is 0.389 e. The molecule has 0 heterocycles. The van der Waals surface area contributed by atoms with Crippen molar-refractivity contribution in [1.29, 1.82) is 0 Å². The van der Waals surface area contributed by atoms with E-state index in [9.17, 15) is 23.1 Å². The molecule has 0 spiro atoms. The highest BCUT2D eigenvalue weighted by Crippen LogP contribution is 2.22. The van der Waals surface area contributed by atoms with Crippen LogP contribution in [0, 0.1) is 6.92 Å². The highest BCUT2D eigenvalue weighted by Gasteiger charge is 2.26. The van der Waals surface area contributed by atoms with Crippen LogP contribution in [0.25, 0.3) is 0 Å². The van der Waals surface area contributed by atoms with Crippen LogP contribution in [0.5, 0.6) is 5.75 Å². The Morgan fingerprint density at radius 3 is 2.67 bits per heavy atom. The largest absolute Gasteiger partial charge is 0.507 e. The van der Waals surface area contributed by atoms with Gasteiger partial charge in [-0.3, -0.25) is 4.79 Å². The van der Waals surface area contributed by atoms with Crippen molar-refractivity contribution < 1.29 is 23.1 Å². The third-order valence-corrected chi connectivity index (χ3v) is 2.40. The fourth-order valence-corrected chi connectivity index (χ4v) is 1.43. The molecule has 0 saturated carbocycles. The first-order valence-electron chi connectivity index (χ1n) is 5.45. The summed E-state index contributed by atoms with van der Waals surface area (Å²) in [5.41, 5.74) is 0.611. The number of benzene rings is 1. The number of hydrogen-bond donors (Lipinski definition) is 2. The van der Waals surface area contributed by atoms with Gasteiger partial charge in [0.1, 0.15) is 5.75 Å². The number of amides is 1. The molecule has 0 aliphatic rings. The van der Waals surface area contributed by atoms with Gasteiger partial charge in [0, 0.05) is 13.0 Å². The molecule has 6 heteroatoms. The molecule has 1 amide bonds. The molecule has 0 atom stereocenters. The predicted molar refractivity (Wildman–Crippen MR) is 60.5 cm³/mol. The van der Waals surface area contributed by atoms with E-state index in [1.165, 1.54) is 6.07 Å². The molecule has 0 aromatic heterocycles. The van der Waals surface area contributed by atoms with Crippen molar-refractivity contribution in [2.24, 2.45) is 0 Å². The molecule has 0 aliphatic carbocycles. The van der Waals surface area contributed by atoms with Gasteiger partial charge in [-0.25, -0.2) is 0 Å². The summed E-state index contributed by atoms with van der Waals surface area (Å²) in [4.78, 5) is 11.6. The molecule has 0 aliphatic heterocycles. The van der Waals surface area contributed by atoms with Crippen LogP contribution < -0.4 is 5.32 Å². The van der Waals surface area contributed by atoms with E-state index in [4.69, 9.17) is 0 Å². The number of hydrogen-bond acceptors (Lipinski definition) is 2. The predicted octanol–water partition coefficient (Wildman–Crippen LogP) is 2.77. The van der Waals surface area contributed by atoms with E-state index in [0.29, 0.717) is 5.56 Å². The summed E-state index contributed by atoms with van der Waals surface area (Å²) >= 11 is 0. The highest BCUT2D eigenvalue weighted by molar-refractivity contribution is 5.97. The zero-order valence-corrected chi connectivity index (χ0v) is 9.84. The first-order chi connectivity index (χ1) is 8.31. The van der Waals surface area contributed by atoms with Crippen molar-refractivity contribution in [2.45, 2.75) is 25.9 Å². The summed E-state index contributed by atoms with van der Waals surface area (Å²) < 4.78 is 35.6. The Hall–Kier alpha value is -1.72. The number of phenols is 1. The van der Waals surface area contributed by atoms with Crippen LogP contribution in [-0.2, 0) is 0 Å². The monoisotopic (exact) mass is 261 g/mol. The van der Waals surface area contributed by atoms with E-state index in [0.717, 1.165) is 0 Å². The fraction of sp³-hybridized carbons (Fsp3) is 0.417. The molecule has 0 fully saturated rings. The minimum Gasteiger partial charge on any atom is -0.507 e. The summed E-state index contributed by atoms with van der Waals surface area (Å²) in [6, 6.07) is 4.65.